The monoisotopic (exact) mass is 975 g/mol. The van der Waals surface area contributed by atoms with Gasteiger partial charge in [-0.25, -0.2) is 0 Å². The van der Waals surface area contributed by atoms with Crippen LogP contribution in [0.25, 0.3) is 0 Å². The number of benzene rings is 4. The van der Waals surface area contributed by atoms with Crippen LogP contribution >= 0.6 is 0 Å². The van der Waals surface area contributed by atoms with Gasteiger partial charge in [0.1, 0.15) is 12.1 Å². The largest absolute Gasteiger partial charge is 0.493 e. The van der Waals surface area contributed by atoms with E-state index in [4.69, 9.17) is 56.8 Å². The Hall–Kier alpha value is -6.26. The van der Waals surface area contributed by atoms with Gasteiger partial charge in [0, 0.05) is 44.1 Å². The van der Waals surface area contributed by atoms with Crippen LogP contribution in [0.3, 0.4) is 0 Å². The van der Waals surface area contributed by atoms with Crippen molar-refractivity contribution in [2.24, 2.45) is 0 Å². The Morgan fingerprint density at radius 3 is 1.44 bits per heavy atom. The van der Waals surface area contributed by atoms with E-state index in [1.807, 2.05) is 30.3 Å². The van der Waals surface area contributed by atoms with Crippen molar-refractivity contribution in [1.82, 2.24) is 0 Å². The lowest BCUT2D eigenvalue weighted by Crippen LogP contribution is -2.53. The van der Waals surface area contributed by atoms with Gasteiger partial charge in [0.2, 0.25) is 11.5 Å². The molecule has 0 radical (unpaired) electrons. The predicted molar refractivity (Wildman–Crippen MR) is 264 cm³/mol. The average Bonchev–Trinajstić information content (AvgIpc) is 3.38. The first-order chi connectivity index (χ1) is 33.8. The first-order valence-electron chi connectivity index (χ1n) is 23.8. The van der Waals surface area contributed by atoms with E-state index in [0.717, 1.165) is 65.6 Å². The number of esters is 2. The van der Waals surface area contributed by atoms with E-state index in [-0.39, 0.29) is 38.1 Å². The Kier molecular flexibility index (Phi) is 18.2. The van der Waals surface area contributed by atoms with Crippen molar-refractivity contribution < 1.29 is 75.4 Å². The molecule has 4 aromatic rings. The molecule has 0 aromatic heterocycles. The summed E-state index contributed by atoms with van der Waals surface area (Å²) >= 11 is 0. The van der Waals surface area contributed by atoms with Gasteiger partial charge in [0.25, 0.3) is 0 Å². The fourth-order valence-electron chi connectivity index (χ4n) is 10.4. The van der Waals surface area contributed by atoms with Crippen LogP contribution in [0.2, 0.25) is 0 Å². The third-order valence-electron chi connectivity index (χ3n) is 14.3. The number of ether oxygens (including phenoxy) is 12. The minimum atomic E-state index is -0.439. The molecule has 70 heavy (non-hydrogen) atoms. The Labute approximate surface area is 413 Å². The van der Waals surface area contributed by atoms with Gasteiger partial charge in [-0.05, 0) is 64.7 Å². The zero-order chi connectivity index (χ0) is 50.6. The number of fused-ring (bicyclic) bond motifs is 2. The molecule has 6 rings (SSSR count). The van der Waals surface area contributed by atoms with Gasteiger partial charge in [0.15, 0.2) is 46.0 Å². The molecule has 0 amide bonds. The summed E-state index contributed by atoms with van der Waals surface area (Å²) in [5.74, 6) is 5.30. The number of carbonyl (C=O) groups excluding carboxylic acids is 2. The van der Waals surface area contributed by atoms with Gasteiger partial charge in [-0.3, -0.25) is 9.59 Å². The SMILES string of the molecule is COc1ccc(CC2c3cc(OC)c(OC)cc3CC[N+]2(C)CCCOC(=O)CCC(=O)OCCC[N+]2(C)CCc3cc(OC)c(OC)c(OC)c3C2Cc2cc(OC)c(OC)c(OC)c2)cc1OC. The molecule has 0 saturated heterocycles. The standard InChI is InChI=1S/C54H74N2O14/c1-55(23-19-37-32-44(61-5)45(62-6)34-39(37)40(55)27-35-15-16-42(59-3)43(29-35)60-4)21-13-25-69-49(57)17-18-50(58)70-26-14-22-56(2)24-20-38-33-48(65-9)53(67-11)54(68-12)51(38)41(56)28-36-30-46(63-7)52(66-10)47(31-36)64-8/h15-16,29-34,40-41H,13-14,17-28H2,1-12H3/q+2. The quantitative estimate of drug-likeness (QED) is 0.0364. The van der Waals surface area contributed by atoms with E-state index in [0.29, 0.717) is 87.8 Å². The molecule has 16 heteroatoms. The molecular weight excluding hydrogens is 901 g/mol. The van der Waals surface area contributed by atoms with Crippen molar-refractivity contribution in [2.45, 2.75) is 63.5 Å². The summed E-state index contributed by atoms with van der Waals surface area (Å²) in [4.78, 5) is 26.0. The normalized spacial score (nSPS) is 19.1. The van der Waals surface area contributed by atoms with Crippen molar-refractivity contribution in [1.29, 1.82) is 0 Å². The van der Waals surface area contributed by atoms with Gasteiger partial charge in [-0.2, -0.15) is 0 Å². The summed E-state index contributed by atoms with van der Waals surface area (Å²) in [6.07, 6.45) is 4.08. The second-order valence-electron chi connectivity index (χ2n) is 18.3. The predicted octanol–water partition coefficient (Wildman–Crippen LogP) is 7.69. The highest BCUT2D eigenvalue weighted by atomic mass is 16.6. The molecule has 382 valence electrons. The molecule has 0 spiro atoms. The van der Waals surface area contributed by atoms with Crippen LogP contribution in [-0.4, -0.2) is 145 Å². The van der Waals surface area contributed by atoms with E-state index in [1.165, 1.54) is 11.1 Å². The summed E-state index contributed by atoms with van der Waals surface area (Å²) in [5.41, 5.74) is 6.67. The number of hydrogen-bond donors (Lipinski definition) is 0. The number of methoxy groups -OCH3 is 10. The van der Waals surface area contributed by atoms with Gasteiger partial charge < -0.3 is 65.8 Å². The topological polar surface area (TPSA) is 145 Å². The molecular formula is C54H74N2O14+2. The minimum absolute atomic E-state index is 0.0611. The molecule has 0 aliphatic carbocycles. The Morgan fingerprint density at radius 2 is 0.914 bits per heavy atom. The average molecular weight is 975 g/mol. The Bertz CT molecular complexity index is 2420. The molecule has 2 aliphatic heterocycles. The van der Waals surface area contributed by atoms with Gasteiger partial charge in [-0.1, -0.05) is 6.07 Å². The fraction of sp³-hybridized carbons (Fsp3) is 0.519. The molecule has 0 fully saturated rings. The van der Waals surface area contributed by atoms with Crippen LogP contribution in [-0.2, 0) is 44.7 Å². The Morgan fingerprint density at radius 1 is 0.471 bits per heavy atom. The van der Waals surface area contributed by atoms with Crippen LogP contribution in [0.4, 0.5) is 0 Å². The minimum Gasteiger partial charge on any atom is -0.493 e. The summed E-state index contributed by atoms with van der Waals surface area (Å²) < 4.78 is 70.1. The van der Waals surface area contributed by atoms with Crippen LogP contribution in [0.5, 0.6) is 57.5 Å². The summed E-state index contributed by atoms with van der Waals surface area (Å²) in [5, 5.41) is 0. The van der Waals surface area contributed by atoms with Crippen molar-refractivity contribution in [2.75, 3.05) is 125 Å². The highest BCUT2D eigenvalue weighted by Crippen LogP contribution is 2.51. The molecule has 0 bridgehead atoms. The van der Waals surface area contributed by atoms with Gasteiger partial charge >= 0.3 is 11.9 Å². The molecule has 0 saturated carbocycles. The molecule has 16 nitrogen and oxygen atoms in total. The molecule has 4 unspecified atom stereocenters. The molecule has 4 aromatic carbocycles. The number of carbonyl (C=O) groups is 2. The number of likely N-dealkylation sites (N-methyl/N-ethyl adjacent to an activating group) is 2. The van der Waals surface area contributed by atoms with Gasteiger partial charge in [0.05, 0.1) is 143 Å². The third-order valence-corrected chi connectivity index (χ3v) is 14.3. The van der Waals surface area contributed by atoms with E-state index < -0.39 is 11.9 Å². The van der Waals surface area contributed by atoms with Crippen molar-refractivity contribution in [3.05, 3.63) is 81.9 Å². The first-order valence-corrected chi connectivity index (χ1v) is 23.8. The maximum Gasteiger partial charge on any atom is 0.306 e. The first kappa shape index (κ1) is 53.1. The second-order valence-corrected chi connectivity index (χ2v) is 18.3. The van der Waals surface area contributed by atoms with Crippen LogP contribution in [0, 0.1) is 0 Å². The van der Waals surface area contributed by atoms with E-state index in [2.05, 4.69) is 32.3 Å². The highest BCUT2D eigenvalue weighted by Gasteiger charge is 2.44. The highest BCUT2D eigenvalue weighted by molar-refractivity contribution is 5.77. The van der Waals surface area contributed by atoms with Crippen molar-refractivity contribution >= 4 is 11.9 Å². The maximum absolute atomic E-state index is 13.0. The van der Waals surface area contributed by atoms with Crippen molar-refractivity contribution in [3.63, 3.8) is 0 Å². The fourth-order valence-corrected chi connectivity index (χ4v) is 10.4. The van der Waals surface area contributed by atoms with Crippen LogP contribution in [0.1, 0.15) is 71.1 Å². The molecule has 2 heterocycles. The Balaban J connectivity index is 1.05. The lowest BCUT2D eigenvalue weighted by Gasteiger charge is -2.46. The third kappa shape index (κ3) is 11.7. The van der Waals surface area contributed by atoms with Crippen molar-refractivity contribution in [3.8, 4) is 57.5 Å². The lowest BCUT2D eigenvalue weighted by molar-refractivity contribution is -0.941. The number of quaternary nitrogens is 2. The van der Waals surface area contributed by atoms with E-state index >= 15 is 0 Å². The molecule has 0 N–H and O–H groups in total. The maximum atomic E-state index is 13.0. The lowest BCUT2D eigenvalue weighted by atomic mass is 9.85. The van der Waals surface area contributed by atoms with E-state index in [1.54, 1.807) is 71.1 Å². The molecule has 4 atom stereocenters. The number of rotatable bonds is 25. The van der Waals surface area contributed by atoms with Crippen LogP contribution in [0.15, 0.2) is 48.5 Å². The second kappa shape index (κ2) is 24.0. The van der Waals surface area contributed by atoms with Crippen LogP contribution < -0.4 is 47.4 Å². The zero-order valence-corrected chi connectivity index (χ0v) is 43.3. The summed E-state index contributed by atoms with van der Waals surface area (Å²) in [6, 6.07) is 16.2. The number of hydrogen-bond acceptors (Lipinski definition) is 14. The van der Waals surface area contributed by atoms with Gasteiger partial charge in [-0.15, -0.1) is 0 Å². The summed E-state index contributed by atoms with van der Waals surface area (Å²) in [7, 11) is 20.7. The number of nitrogens with zero attached hydrogens (tertiary/aromatic N) is 2. The zero-order valence-electron chi connectivity index (χ0n) is 43.3. The molecule has 2 aliphatic rings. The van der Waals surface area contributed by atoms with E-state index in [9.17, 15) is 9.59 Å². The smallest absolute Gasteiger partial charge is 0.306 e. The summed E-state index contributed by atoms with van der Waals surface area (Å²) in [6.45, 7) is 3.61.